The van der Waals surface area contributed by atoms with Crippen LogP contribution >= 0.6 is 0 Å². The van der Waals surface area contributed by atoms with Crippen LogP contribution < -0.4 is 10.6 Å². The van der Waals surface area contributed by atoms with Gasteiger partial charge < -0.3 is 20.1 Å². The molecule has 0 saturated carbocycles. The first-order valence-electron chi connectivity index (χ1n) is 8.78. The highest BCUT2D eigenvalue weighted by Crippen LogP contribution is 2.39. The van der Waals surface area contributed by atoms with Crippen LogP contribution in [0.1, 0.15) is 39.2 Å². The van der Waals surface area contributed by atoms with E-state index < -0.39 is 11.9 Å². The van der Waals surface area contributed by atoms with Gasteiger partial charge in [-0.15, -0.1) is 0 Å². The Bertz CT molecular complexity index is 768. The molecule has 1 heterocycles. The molecule has 2 N–H and O–H groups in total. The van der Waals surface area contributed by atoms with Crippen LogP contribution in [0.15, 0.2) is 47.1 Å². The smallest absolute Gasteiger partial charge is 0.338 e. The molecule has 1 unspecified atom stereocenters. The number of carbonyl (C=O) groups is 1. The second-order valence-electron chi connectivity index (χ2n) is 5.88. The number of allylic oxidation sites excluding steroid dienone is 2. The number of esters is 1. The summed E-state index contributed by atoms with van der Waals surface area (Å²) in [5.41, 5.74) is 8.32. The van der Waals surface area contributed by atoms with Crippen LogP contribution in [0.2, 0.25) is 0 Å². The third kappa shape index (κ3) is 3.67. The lowest BCUT2D eigenvalue weighted by Gasteiger charge is -2.27. The number of hydrogen-bond donors (Lipinski definition) is 1. The summed E-state index contributed by atoms with van der Waals surface area (Å²) in [6.07, 6.45) is 0. The van der Waals surface area contributed by atoms with Gasteiger partial charge in [-0.05, 0) is 45.4 Å². The summed E-state index contributed by atoms with van der Waals surface area (Å²) >= 11 is 0. The van der Waals surface area contributed by atoms with Crippen LogP contribution in [0.5, 0.6) is 0 Å². The van der Waals surface area contributed by atoms with E-state index in [-0.39, 0.29) is 18.1 Å². The monoisotopic (exact) mass is 355 g/mol. The first-order chi connectivity index (χ1) is 12.5. The molecule has 6 heteroatoms. The van der Waals surface area contributed by atoms with Gasteiger partial charge in [-0.1, -0.05) is 12.1 Å². The number of nitrogens with zero attached hydrogens (tertiary/aromatic N) is 2. The summed E-state index contributed by atoms with van der Waals surface area (Å²) in [4.78, 5) is 14.7. The van der Waals surface area contributed by atoms with Crippen molar-refractivity contribution in [1.29, 1.82) is 5.26 Å². The Kier molecular flexibility index (Phi) is 6.29. The number of hydrogen-bond acceptors (Lipinski definition) is 6. The molecule has 2 rings (SSSR count). The van der Waals surface area contributed by atoms with Crippen molar-refractivity contribution in [2.45, 2.75) is 33.6 Å². The predicted molar refractivity (Wildman–Crippen MR) is 100.0 cm³/mol. The number of rotatable bonds is 6. The van der Waals surface area contributed by atoms with Crippen LogP contribution in [-0.4, -0.2) is 25.7 Å². The lowest BCUT2D eigenvalue weighted by atomic mass is 9.83. The summed E-state index contributed by atoms with van der Waals surface area (Å²) < 4.78 is 10.6. The second kappa shape index (κ2) is 8.43. The number of nitriles is 1. The Morgan fingerprint density at radius 3 is 2.38 bits per heavy atom. The lowest BCUT2D eigenvalue weighted by molar-refractivity contribution is -0.139. The van der Waals surface area contributed by atoms with Crippen molar-refractivity contribution < 1.29 is 14.3 Å². The topological polar surface area (TPSA) is 88.6 Å². The zero-order valence-corrected chi connectivity index (χ0v) is 15.7. The number of carbonyl (C=O) groups excluding carboxylic acids is 1. The second-order valence-corrected chi connectivity index (χ2v) is 5.88. The van der Waals surface area contributed by atoms with Gasteiger partial charge in [0.2, 0.25) is 5.88 Å². The molecule has 1 aromatic rings. The highest BCUT2D eigenvalue weighted by atomic mass is 16.5. The van der Waals surface area contributed by atoms with Crippen molar-refractivity contribution >= 4 is 11.7 Å². The van der Waals surface area contributed by atoms with Crippen LogP contribution in [-0.2, 0) is 14.3 Å². The molecule has 1 atom stereocenters. The summed E-state index contributed by atoms with van der Waals surface area (Å²) in [5, 5.41) is 9.58. The maximum Gasteiger partial charge on any atom is 0.338 e. The Morgan fingerprint density at radius 1 is 1.27 bits per heavy atom. The van der Waals surface area contributed by atoms with Crippen LogP contribution in [0.3, 0.4) is 0 Å². The van der Waals surface area contributed by atoms with Crippen molar-refractivity contribution in [2.75, 3.05) is 24.6 Å². The molecular formula is C20H25N3O3. The van der Waals surface area contributed by atoms with Crippen LogP contribution in [0, 0.1) is 11.3 Å². The molecular weight excluding hydrogens is 330 g/mol. The number of benzene rings is 1. The lowest BCUT2D eigenvalue weighted by Crippen LogP contribution is -2.26. The fourth-order valence-electron chi connectivity index (χ4n) is 3.15. The first-order valence-corrected chi connectivity index (χ1v) is 8.78. The molecule has 6 nitrogen and oxygen atoms in total. The zero-order valence-electron chi connectivity index (χ0n) is 15.7. The molecule has 0 radical (unpaired) electrons. The minimum Gasteiger partial charge on any atom is -0.463 e. The third-order valence-corrected chi connectivity index (χ3v) is 4.46. The van der Waals surface area contributed by atoms with Crippen molar-refractivity contribution in [3.05, 3.63) is 52.6 Å². The highest BCUT2D eigenvalue weighted by Gasteiger charge is 2.36. The average Bonchev–Trinajstić information content (AvgIpc) is 2.63. The normalized spacial score (nSPS) is 16.8. The summed E-state index contributed by atoms with van der Waals surface area (Å²) in [6.45, 7) is 9.62. The largest absolute Gasteiger partial charge is 0.463 e. The molecule has 0 spiro atoms. The highest BCUT2D eigenvalue weighted by molar-refractivity contribution is 5.92. The van der Waals surface area contributed by atoms with E-state index in [1.54, 1.807) is 13.8 Å². The molecule has 0 aliphatic carbocycles. The van der Waals surface area contributed by atoms with E-state index in [1.807, 2.05) is 24.3 Å². The molecule has 1 aliphatic rings. The van der Waals surface area contributed by atoms with E-state index >= 15 is 0 Å². The number of ether oxygens (including phenoxy) is 2. The number of nitrogens with two attached hydrogens (primary N) is 1. The van der Waals surface area contributed by atoms with Gasteiger partial charge in [0.25, 0.3) is 0 Å². The molecule has 0 saturated heterocycles. The van der Waals surface area contributed by atoms with Gasteiger partial charge in [-0.2, -0.15) is 5.26 Å². The third-order valence-electron chi connectivity index (χ3n) is 4.46. The number of anilines is 1. The van der Waals surface area contributed by atoms with Crippen molar-refractivity contribution in [1.82, 2.24) is 0 Å². The van der Waals surface area contributed by atoms with Crippen molar-refractivity contribution in [2.24, 2.45) is 5.73 Å². The fourth-order valence-corrected chi connectivity index (χ4v) is 3.15. The quantitative estimate of drug-likeness (QED) is 0.789. The van der Waals surface area contributed by atoms with E-state index in [2.05, 4.69) is 24.8 Å². The SMILES string of the molecule is CCOC(=O)C1=C(C)OC(N)=C(C#N)C1c1ccc(N(CC)CC)cc1. The first kappa shape index (κ1) is 19.4. The van der Waals surface area contributed by atoms with Crippen molar-refractivity contribution in [3.63, 3.8) is 0 Å². The summed E-state index contributed by atoms with van der Waals surface area (Å²) in [6, 6.07) is 9.90. The minimum absolute atomic E-state index is 0.0240. The summed E-state index contributed by atoms with van der Waals surface area (Å²) in [5.74, 6) is -0.713. The minimum atomic E-state index is -0.599. The Hall–Kier alpha value is -2.94. The summed E-state index contributed by atoms with van der Waals surface area (Å²) in [7, 11) is 0. The molecule has 0 amide bonds. The van der Waals surface area contributed by atoms with Crippen LogP contribution in [0.25, 0.3) is 0 Å². The van der Waals surface area contributed by atoms with Crippen LogP contribution in [0.4, 0.5) is 5.69 Å². The van der Waals surface area contributed by atoms with E-state index in [1.165, 1.54) is 0 Å². The molecule has 1 aromatic carbocycles. The molecule has 138 valence electrons. The molecule has 1 aliphatic heterocycles. The van der Waals surface area contributed by atoms with Gasteiger partial charge in [-0.3, -0.25) is 0 Å². The van der Waals surface area contributed by atoms with E-state index in [9.17, 15) is 10.1 Å². The fraction of sp³-hybridized carbons (Fsp3) is 0.400. The van der Waals surface area contributed by atoms with Gasteiger partial charge >= 0.3 is 5.97 Å². The van der Waals surface area contributed by atoms with E-state index in [0.717, 1.165) is 24.3 Å². The Balaban J connectivity index is 2.51. The van der Waals surface area contributed by atoms with E-state index in [0.29, 0.717) is 11.3 Å². The Labute approximate surface area is 154 Å². The molecule has 0 aromatic heterocycles. The van der Waals surface area contributed by atoms with Gasteiger partial charge in [0.15, 0.2) is 0 Å². The maximum atomic E-state index is 12.5. The maximum absolute atomic E-state index is 12.5. The molecule has 0 fully saturated rings. The predicted octanol–water partition coefficient (Wildman–Crippen LogP) is 3.18. The van der Waals surface area contributed by atoms with Gasteiger partial charge in [0, 0.05) is 18.8 Å². The molecule has 0 bridgehead atoms. The van der Waals surface area contributed by atoms with E-state index in [4.69, 9.17) is 15.2 Å². The van der Waals surface area contributed by atoms with Gasteiger partial charge in [0.05, 0.1) is 18.1 Å². The Morgan fingerprint density at radius 2 is 1.88 bits per heavy atom. The van der Waals surface area contributed by atoms with Gasteiger partial charge in [0.1, 0.15) is 17.4 Å². The average molecular weight is 355 g/mol. The standard InChI is InChI=1S/C20H25N3O3/c1-5-23(6-2)15-10-8-14(9-11-15)18-16(12-21)19(22)26-13(4)17(18)20(24)25-7-3/h8-11,18H,5-7,22H2,1-4H3. The van der Waals surface area contributed by atoms with Gasteiger partial charge in [-0.25, -0.2) is 4.79 Å². The van der Waals surface area contributed by atoms with Crippen molar-refractivity contribution in [3.8, 4) is 6.07 Å². The molecule has 26 heavy (non-hydrogen) atoms. The zero-order chi connectivity index (χ0) is 19.3.